The molecule has 5 heteroatoms. The van der Waals surface area contributed by atoms with Gasteiger partial charge in [0.2, 0.25) is 0 Å². The quantitative estimate of drug-likeness (QED) is 0.548. The lowest BCUT2D eigenvalue weighted by Crippen LogP contribution is -2.01. The summed E-state index contributed by atoms with van der Waals surface area (Å²) in [4.78, 5) is 0. The molecule has 0 saturated heterocycles. The summed E-state index contributed by atoms with van der Waals surface area (Å²) in [6.45, 7) is 0.645. The first kappa shape index (κ1) is 14.3. The highest BCUT2D eigenvalue weighted by atomic mass is 35.5. The third-order valence-electron chi connectivity index (χ3n) is 1.97. The van der Waals surface area contributed by atoms with Crippen LogP contribution in [0.2, 0.25) is 10.0 Å². The average Bonchev–Trinajstić information content (AvgIpc) is 2.26. The Hall–Kier alpha value is 0.240. The molecule has 90 valence electrons. The van der Waals surface area contributed by atoms with E-state index < -0.39 is 0 Å². The Labute approximate surface area is 115 Å². The van der Waals surface area contributed by atoms with Crippen molar-refractivity contribution in [2.45, 2.75) is 12.3 Å². The van der Waals surface area contributed by atoms with Gasteiger partial charge < -0.3 is 4.74 Å². The van der Waals surface area contributed by atoms with Gasteiger partial charge in [0.25, 0.3) is 0 Å². The number of thioether (sulfide) groups is 1. The zero-order valence-corrected chi connectivity index (χ0v) is 12.0. The predicted octanol–water partition coefficient (Wildman–Crippen LogP) is 4.86. The van der Waals surface area contributed by atoms with Gasteiger partial charge in [0.05, 0.1) is 17.5 Å². The second kappa shape index (κ2) is 7.54. The molecule has 0 N–H and O–H groups in total. The van der Waals surface area contributed by atoms with Crippen molar-refractivity contribution in [3.05, 3.63) is 27.7 Å². The normalized spacial score (nSPS) is 10.5. The highest BCUT2D eigenvalue weighted by Gasteiger charge is 2.09. The first-order valence-electron chi connectivity index (χ1n) is 4.84. The van der Waals surface area contributed by atoms with Gasteiger partial charge in [-0.25, -0.2) is 0 Å². The molecule has 0 aliphatic carbocycles. The van der Waals surface area contributed by atoms with Gasteiger partial charge in [0.1, 0.15) is 5.75 Å². The Morgan fingerprint density at radius 1 is 1.31 bits per heavy atom. The van der Waals surface area contributed by atoms with E-state index in [0.29, 0.717) is 28.3 Å². The van der Waals surface area contributed by atoms with Crippen LogP contribution in [0.25, 0.3) is 0 Å². The van der Waals surface area contributed by atoms with Gasteiger partial charge in [0, 0.05) is 10.6 Å². The second-order valence-corrected chi connectivity index (χ2v) is 5.30. The lowest BCUT2D eigenvalue weighted by Gasteiger charge is -2.12. The van der Waals surface area contributed by atoms with Crippen LogP contribution in [-0.2, 0) is 5.88 Å². The van der Waals surface area contributed by atoms with Crippen LogP contribution in [0.15, 0.2) is 12.1 Å². The maximum absolute atomic E-state index is 6.05. The molecule has 1 aromatic carbocycles. The molecule has 0 aliphatic rings. The molecule has 0 aromatic heterocycles. The van der Waals surface area contributed by atoms with Crippen molar-refractivity contribution in [1.29, 1.82) is 0 Å². The Bertz CT molecular complexity index is 344. The summed E-state index contributed by atoms with van der Waals surface area (Å²) in [5.41, 5.74) is 0.836. The molecular formula is C11H13Cl3OS. The molecule has 0 atom stereocenters. The lowest BCUT2D eigenvalue weighted by atomic mass is 10.2. The van der Waals surface area contributed by atoms with E-state index in [2.05, 4.69) is 6.26 Å². The third kappa shape index (κ3) is 4.25. The summed E-state index contributed by atoms with van der Waals surface area (Å²) in [6.07, 6.45) is 3.06. The zero-order chi connectivity index (χ0) is 12.0. The van der Waals surface area contributed by atoms with Crippen LogP contribution in [0.4, 0.5) is 0 Å². The van der Waals surface area contributed by atoms with Crippen LogP contribution in [0, 0.1) is 0 Å². The van der Waals surface area contributed by atoms with Crippen molar-refractivity contribution >= 4 is 46.6 Å². The molecule has 0 unspecified atom stereocenters. The minimum absolute atomic E-state index is 0.345. The van der Waals surface area contributed by atoms with E-state index in [4.69, 9.17) is 39.5 Å². The summed E-state index contributed by atoms with van der Waals surface area (Å²) in [7, 11) is 0. The molecule has 0 aliphatic heterocycles. The number of halogens is 3. The van der Waals surface area contributed by atoms with E-state index in [-0.39, 0.29) is 0 Å². The summed E-state index contributed by atoms with van der Waals surface area (Å²) < 4.78 is 5.63. The van der Waals surface area contributed by atoms with E-state index in [1.807, 2.05) is 0 Å². The molecule has 0 amide bonds. The van der Waals surface area contributed by atoms with Gasteiger partial charge in [-0.15, -0.1) is 11.6 Å². The smallest absolute Gasteiger partial charge is 0.142 e. The molecule has 1 nitrogen and oxygen atoms in total. The minimum Gasteiger partial charge on any atom is -0.492 e. The van der Waals surface area contributed by atoms with Crippen molar-refractivity contribution in [3.8, 4) is 5.75 Å². The first-order chi connectivity index (χ1) is 7.69. The van der Waals surface area contributed by atoms with Crippen molar-refractivity contribution in [3.63, 3.8) is 0 Å². The van der Waals surface area contributed by atoms with Gasteiger partial charge in [-0.05, 0) is 30.6 Å². The van der Waals surface area contributed by atoms with Crippen LogP contribution in [0.3, 0.4) is 0 Å². The van der Waals surface area contributed by atoms with E-state index in [1.54, 1.807) is 23.9 Å². The number of alkyl halides is 1. The molecular weight excluding hydrogens is 287 g/mol. The fourth-order valence-electron chi connectivity index (χ4n) is 1.25. The van der Waals surface area contributed by atoms with Gasteiger partial charge >= 0.3 is 0 Å². The van der Waals surface area contributed by atoms with Crippen LogP contribution in [-0.4, -0.2) is 18.6 Å². The van der Waals surface area contributed by atoms with Crippen LogP contribution in [0.5, 0.6) is 5.75 Å². The van der Waals surface area contributed by atoms with Crippen LogP contribution >= 0.6 is 46.6 Å². The third-order valence-corrected chi connectivity index (χ3v) is 3.45. The fraction of sp³-hybridized carbons (Fsp3) is 0.455. The molecule has 0 spiro atoms. The van der Waals surface area contributed by atoms with E-state index in [0.717, 1.165) is 17.7 Å². The van der Waals surface area contributed by atoms with E-state index in [9.17, 15) is 0 Å². The Kier molecular flexibility index (Phi) is 6.74. The fourth-order valence-corrected chi connectivity index (χ4v) is 2.45. The molecule has 1 aromatic rings. The monoisotopic (exact) mass is 298 g/mol. The Morgan fingerprint density at radius 3 is 2.69 bits per heavy atom. The average molecular weight is 300 g/mol. The lowest BCUT2D eigenvalue weighted by molar-refractivity contribution is 0.316. The summed E-state index contributed by atoms with van der Waals surface area (Å²) in [5.74, 6) is 2.07. The minimum atomic E-state index is 0.345. The summed E-state index contributed by atoms with van der Waals surface area (Å²) in [6, 6.07) is 3.45. The topological polar surface area (TPSA) is 9.23 Å². The van der Waals surface area contributed by atoms with Crippen molar-refractivity contribution in [1.82, 2.24) is 0 Å². The number of rotatable bonds is 6. The number of hydrogen-bond donors (Lipinski definition) is 0. The molecule has 0 heterocycles. The largest absolute Gasteiger partial charge is 0.492 e. The maximum Gasteiger partial charge on any atom is 0.142 e. The number of benzene rings is 1. The van der Waals surface area contributed by atoms with Crippen molar-refractivity contribution < 1.29 is 4.74 Å². The van der Waals surface area contributed by atoms with Gasteiger partial charge in [-0.1, -0.05) is 23.2 Å². The second-order valence-electron chi connectivity index (χ2n) is 3.20. The summed E-state index contributed by atoms with van der Waals surface area (Å²) in [5, 5.41) is 1.10. The molecule has 16 heavy (non-hydrogen) atoms. The van der Waals surface area contributed by atoms with Crippen molar-refractivity contribution in [2.75, 3.05) is 18.6 Å². The Morgan fingerprint density at radius 2 is 2.06 bits per heavy atom. The molecule has 1 rings (SSSR count). The molecule has 0 radical (unpaired) electrons. The molecule has 0 fully saturated rings. The highest BCUT2D eigenvalue weighted by molar-refractivity contribution is 7.98. The number of ether oxygens (including phenoxy) is 1. The highest BCUT2D eigenvalue weighted by Crippen LogP contribution is 2.33. The molecule has 0 bridgehead atoms. The van der Waals surface area contributed by atoms with E-state index in [1.165, 1.54) is 0 Å². The van der Waals surface area contributed by atoms with Crippen LogP contribution in [0.1, 0.15) is 12.0 Å². The van der Waals surface area contributed by atoms with Gasteiger partial charge in [-0.2, -0.15) is 11.8 Å². The standard InChI is InChI=1S/C11H13Cl3OS/c1-16-4-2-3-15-11-8(7-12)5-9(13)6-10(11)14/h5-6H,2-4,7H2,1H3. The van der Waals surface area contributed by atoms with Gasteiger partial charge in [-0.3, -0.25) is 0 Å². The maximum atomic E-state index is 6.05. The van der Waals surface area contributed by atoms with Crippen molar-refractivity contribution in [2.24, 2.45) is 0 Å². The SMILES string of the molecule is CSCCCOc1c(Cl)cc(Cl)cc1CCl. The van der Waals surface area contributed by atoms with Crippen LogP contribution < -0.4 is 4.74 Å². The predicted molar refractivity (Wildman–Crippen MR) is 74.5 cm³/mol. The van der Waals surface area contributed by atoms with Gasteiger partial charge in [0.15, 0.2) is 0 Å². The molecule has 0 saturated carbocycles. The number of hydrogen-bond acceptors (Lipinski definition) is 2. The zero-order valence-electron chi connectivity index (χ0n) is 8.93. The Balaban J connectivity index is 2.70. The first-order valence-corrected chi connectivity index (χ1v) is 7.53. The summed E-state index contributed by atoms with van der Waals surface area (Å²) >= 11 is 19.5. The van der Waals surface area contributed by atoms with E-state index >= 15 is 0 Å².